The van der Waals surface area contributed by atoms with Crippen LogP contribution < -0.4 is 5.32 Å². The summed E-state index contributed by atoms with van der Waals surface area (Å²) in [5.74, 6) is 0.180. The SMILES string of the molecule is O=C1C=C(c2ccc3nccn3c2)PC2C=CC(N3CCNCC3)=CN12. The molecule has 2 aromatic heterocycles. The Morgan fingerprint density at radius 2 is 2.12 bits per heavy atom. The average molecular weight is 365 g/mol. The molecule has 5 rings (SSSR count). The molecule has 1 amide bonds. The van der Waals surface area contributed by atoms with Crippen molar-refractivity contribution in [2.45, 2.75) is 5.78 Å². The number of rotatable bonds is 2. The van der Waals surface area contributed by atoms with E-state index >= 15 is 0 Å². The number of amides is 1. The van der Waals surface area contributed by atoms with E-state index < -0.39 is 0 Å². The minimum absolute atomic E-state index is 0.0615. The van der Waals surface area contributed by atoms with Gasteiger partial charge in [-0.15, -0.1) is 0 Å². The van der Waals surface area contributed by atoms with Crippen LogP contribution in [0.4, 0.5) is 0 Å². The summed E-state index contributed by atoms with van der Waals surface area (Å²) in [7, 11) is 0.535. The molecule has 2 unspecified atom stereocenters. The van der Waals surface area contributed by atoms with E-state index in [9.17, 15) is 4.79 Å². The molecule has 6 nitrogen and oxygen atoms in total. The lowest BCUT2D eigenvalue weighted by atomic mass is 10.2. The molecule has 0 aliphatic carbocycles. The third kappa shape index (κ3) is 2.75. The molecule has 132 valence electrons. The molecule has 7 heteroatoms. The number of pyridine rings is 1. The third-order valence-corrected chi connectivity index (χ3v) is 6.54. The molecule has 1 saturated heterocycles. The molecule has 0 radical (unpaired) electrons. The third-order valence-electron chi connectivity index (χ3n) is 5.03. The fourth-order valence-corrected chi connectivity index (χ4v) is 5.00. The van der Waals surface area contributed by atoms with E-state index in [0.717, 1.165) is 48.4 Å². The van der Waals surface area contributed by atoms with E-state index in [1.54, 1.807) is 12.3 Å². The van der Waals surface area contributed by atoms with Gasteiger partial charge in [-0.25, -0.2) is 4.98 Å². The first-order valence-electron chi connectivity index (χ1n) is 8.87. The normalized spacial score (nSPS) is 24.0. The summed E-state index contributed by atoms with van der Waals surface area (Å²) in [6, 6.07) is 4.05. The van der Waals surface area contributed by atoms with Gasteiger partial charge in [0, 0.05) is 57.0 Å². The van der Waals surface area contributed by atoms with Crippen LogP contribution in [0.15, 0.2) is 60.8 Å². The minimum atomic E-state index is 0.0615. The first-order valence-corrected chi connectivity index (χ1v) is 9.95. The van der Waals surface area contributed by atoms with E-state index in [4.69, 9.17) is 0 Å². The Labute approximate surface area is 153 Å². The van der Waals surface area contributed by atoms with Gasteiger partial charge in [0.1, 0.15) is 5.65 Å². The molecule has 1 N–H and O–H groups in total. The number of allylic oxidation sites excluding steroid dienone is 1. The number of nitrogens with zero attached hydrogens (tertiary/aromatic N) is 4. The predicted molar refractivity (Wildman–Crippen MR) is 104 cm³/mol. The van der Waals surface area contributed by atoms with Gasteiger partial charge < -0.3 is 19.5 Å². The quantitative estimate of drug-likeness (QED) is 0.826. The summed E-state index contributed by atoms with van der Waals surface area (Å²) in [5, 5.41) is 4.47. The van der Waals surface area contributed by atoms with Crippen LogP contribution in [0.1, 0.15) is 5.56 Å². The number of piperazine rings is 1. The van der Waals surface area contributed by atoms with Crippen LogP contribution in [-0.2, 0) is 4.79 Å². The van der Waals surface area contributed by atoms with Gasteiger partial charge in [0.05, 0.1) is 11.5 Å². The molecule has 0 aromatic carbocycles. The molecule has 5 heterocycles. The van der Waals surface area contributed by atoms with Crippen molar-refractivity contribution in [2.24, 2.45) is 0 Å². The van der Waals surface area contributed by atoms with Crippen molar-refractivity contribution in [1.82, 2.24) is 24.5 Å². The van der Waals surface area contributed by atoms with Gasteiger partial charge in [-0.3, -0.25) is 4.79 Å². The van der Waals surface area contributed by atoms with E-state index in [2.05, 4.69) is 39.6 Å². The maximum absolute atomic E-state index is 12.8. The number of imidazole rings is 1. The molecule has 0 saturated carbocycles. The summed E-state index contributed by atoms with van der Waals surface area (Å²) < 4.78 is 2.00. The Hall–Kier alpha value is -2.43. The summed E-state index contributed by atoms with van der Waals surface area (Å²) in [6.45, 7) is 3.95. The van der Waals surface area contributed by atoms with Crippen molar-refractivity contribution in [2.75, 3.05) is 26.2 Å². The van der Waals surface area contributed by atoms with Crippen LogP contribution >= 0.6 is 8.58 Å². The van der Waals surface area contributed by atoms with Crippen molar-refractivity contribution in [3.63, 3.8) is 0 Å². The largest absolute Gasteiger partial charge is 0.368 e. The molecule has 3 aliphatic heterocycles. The lowest BCUT2D eigenvalue weighted by molar-refractivity contribution is -0.123. The summed E-state index contributed by atoms with van der Waals surface area (Å²) in [6.07, 6.45) is 13.9. The number of fused-ring (bicyclic) bond motifs is 2. The van der Waals surface area contributed by atoms with Crippen LogP contribution in [0.3, 0.4) is 0 Å². The second kappa shape index (κ2) is 6.38. The smallest absolute Gasteiger partial charge is 0.252 e. The molecule has 26 heavy (non-hydrogen) atoms. The molecule has 2 aromatic rings. The predicted octanol–water partition coefficient (Wildman–Crippen LogP) is 1.84. The highest BCUT2D eigenvalue weighted by molar-refractivity contribution is 7.51. The van der Waals surface area contributed by atoms with Crippen molar-refractivity contribution in [1.29, 1.82) is 0 Å². The summed E-state index contributed by atoms with van der Waals surface area (Å²) in [4.78, 5) is 21.3. The van der Waals surface area contributed by atoms with Crippen LogP contribution in [0.2, 0.25) is 0 Å². The zero-order valence-corrected chi connectivity index (χ0v) is 15.3. The standard InChI is InChI=1S/C19H20N5OP/c25-18-11-16(14-1-3-17-21-7-10-23(17)12-14)26-19-4-2-15(13-24(18)19)22-8-5-20-6-9-22/h1-4,7,10-13,19-20,26H,5-6,8-9H2. The Kier molecular flexibility index (Phi) is 3.88. The molecule has 1 fully saturated rings. The van der Waals surface area contributed by atoms with Gasteiger partial charge in [-0.05, 0) is 29.1 Å². The molecular weight excluding hydrogens is 345 g/mol. The van der Waals surface area contributed by atoms with Crippen LogP contribution in [0.5, 0.6) is 0 Å². The van der Waals surface area contributed by atoms with E-state index in [1.807, 2.05) is 27.8 Å². The van der Waals surface area contributed by atoms with Crippen LogP contribution in [0, 0.1) is 0 Å². The van der Waals surface area contributed by atoms with Crippen LogP contribution in [-0.4, -0.2) is 57.1 Å². The van der Waals surface area contributed by atoms with Gasteiger partial charge in [-0.2, -0.15) is 0 Å². The molecule has 3 aliphatic rings. The molecular formula is C19H20N5OP. The number of hydrogen-bond donors (Lipinski definition) is 1. The first-order chi connectivity index (χ1) is 12.8. The van der Waals surface area contributed by atoms with Gasteiger partial charge in [0.15, 0.2) is 0 Å². The minimum Gasteiger partial charge on any atom is -0.368 e. The van der Waals surface area contributed by atoms with Crippen molar-refractivity contribution in [3.05, 3.63) is 66.4 Å². The Bertz CT molecular complexity index is 954. The fourth-order valence-electron chi connectivity index (χ4n) is 3.62. The van der Waals surface area contributed by atoms with Crippen molar-refractivity contribution in [3.8, 4) is 0 Å². The lowest BCUT2D eigenvalue weighted by Crippen LogP contribution is -2.44. The zero-order chi connectivity index (χ0) is 17.5. The summed E-state index contributed by atoms with van der Waals surface area (Å²) in [5.41, 5.74) is 3.15. The highest BCUT2D eigenvalue weighted by Crippen LogP contribution is 2.44. The molecule has 0 spiro atoms. The second-order valence-corrected chi connectivity index (χ2v) is 8.07. The highest BCUT2D eigenvalue weighted by atomic mass is 31.1. The number of hydrogen-bond acceptors (Lipinski definition) is 4. The van der Waals surface area contributed by atoms with Gasteiger partial charge in [-0.1, -0.05) is 14.7 Å². The number of nitrogens with one attached hydrogen (secondary N) is 1. The maximum Gasteiger partial charge on any atom is 0.252 e. The Morgan fingerprint density at radius 3 is 3.00 bits per heavy atom. The maximum atomic E-state index is 12.8. The van der Waals surface area contributed by atoms with Crippen molar-refractivity contribution >= 4 is 25.4 Å². The topological polar surface area (TPSA) is 52.9 Å². The molecule has 0 bridgehead atoms. The van der Waals surface area contributed by atoms with E-state index in [-0.39, 0.29) is 11.7 Å². The monoisotopic (exact) mass is 365 g/mol. The summed E-state index contributed by atoms with van der Waals surface area (Å²) >= 11 is 0. The van der Waals surface area contributed by atoms with Gasteiger partial charge >= 0.3 is 0 Å². The Morgan fingerprint density at radius 1 is 1.23 bits per heavy atom. The molecule has 2 atom stereocenters. The van der Waals surface area contributed by atoms with Crippen molar-refractivity contribution < 1.29 is 4.79 Å². The van der Waals surface area contributed by atoms with Gasteiger partial charge in [0.2, 0.25) is 0 Å². The van der Waals surface area contributed by atoms with Gasteiger partial charge in [0.25, 0.3) is 5.91 Å². The Balaban J connectivity index is 1.42. The fraction of sp³-hybridized carbons (Fsp3) is 0.263. The number of carbonyl (C=O) groups excluding carboxylic acids is 1. The highest BCUT2D eigenvalue weighted by Gasteiger charge is 2.29. The van der Waals surface area contributed by atoms with E-state index in [0.29, 0.717) is 8.58 Å². The average Bonchev–Trinajstić information content (AvgIpc) is 3.16. The van der Waals surface area contributed by atoms with E-state index in [1.165, 1.54) is 0 Å². The first kappa shape index (κ1) is 15.8. The number of aromatic nitrogens is 2. The second-order valence-electron chi connectivity index (χ2n) is 6.65. The lowest BCUT2D eigenvalue weighted by Gasteiger charge is -2.37. The number of carbonyl (C=O) groups is 1. The van der Waals surface area contributed by atoms with Crippen LogP contribution in [0.25, 0.3) is 11.0 Å². The zero-order valence-electron chi connectivity index (χ0n) is 14.3.